The maximum Gasteiger partial charge on any atom is 0.519 e. The fourth-order valence-electron chi connectivity index (χ4n) is 6.32. The molecule has 1 aromatic heterocycles. The number of nitrogens with zero attached hydrogens (tertiary/aromatic N) is 3. The normalized spacial score (nSPS) is 23.5. The topological polar surface area (TPSA) is 167 Å². The third kappa shape index (κ3) is 7.19. The summed E-state index contributed by atoms with van der Waals surface area (Å²) in [7, 11) is 1.65. The fourth-order valence-corrected chi connectivity index (χ4v) is 6.32. The highest BCUT2D eigenvalue weighted by Crippen LogP contribution is 2.34. The van der Waals surface area contributed by atoms with Crippen molar-refractivity contribution in [2.75, 3.05) is 40.0 Å². The molecule has 5 atom stereocenters. The number of benzene rings is 1. The molecule has 0 spiro atoms. The third-order valence-corrected chi connectivity index (χ3v) is 9.01. The molecule has 4 heterocycles. The van der Waals surface area contributed by atoms with Gasteiger partial charge in [0.05, 0.1) is 31.8 Å². The van der Waals surface area contributed by atoms with Gasteiger partial charge in [-0.2, -0.15) is 0 Å². The lowest BCUT2D eigenvalue weighted by molar-refractivity contribution is -0.145. The van der Waals surface area contributed by atoms with E-state index in [4.69, 9.17) is 13.6 Å². The van der Waals surface area contributed by atoms with Crippen molar-refractivity contribution in [3.8, 4) is 5.75 Å². The molecule has 0 bridgehead atoms. The number of urea groups is 1. The first-order valence-corrected chi connectivity index (χ1v) is 15.6. The Balaban J connectivity index is 1.34. The molecular formula is C31H41FN6O8. The molecule has 3 aliphatic heterocycles. The molecule has 0 radical (unpaired) electrons. The Labute approximate surface area is 265 Å². The number of carbonyl (C=O) groups is 4. The summed E-state index contributed by atoms with van der Waals surface area (Å²) in [5, 5.41) is 8.42. The predicted molar refractivity (Wildman–Crippen MR) is 161 cm³/mol. The number of alkyl halides is 1. The van der Waals surface area contributed by atoms with Crippen LogP contribution in [0, 0.1) is 6.92 Å². The van der Waals surface area contributed by atoms with E-state index in [1.807, 2.05) is 24.3 Å². The van der Waals surface area contributed by atoms with Gasteiger partial charge >= 0.3 is 11.9 Å². The lowest BCUT2D eigenvalue weighted by Crippen LogP contribution is -2.63. The first kappa shape index (κ1) is 33.0. The van der Waals surface area contributed by atoms with Crippen molar-refractivity contribution in [2.45, 2.75) is 76.3 Å². The lowest BCUT2D eigenvalue weighted by atomic mass is 10.00. The summed E-state index contributed by atoms with van der Waals surface area (Å²) in [6, 6.07) is 3.65. The zero-order valence-electron chi connectivity index (χ0n) is 26.3. The molecule has 250 valence electrons. The van der Waals surface area contributed by atoms with Gasteiger partial charge in [-0.15, -0.1) is 0 Å². The predicted octanol–water partition coefficient (Wildman–Crippen LogP) is 1.23. The van der Waals surface area contributed by atoms with Gasteiger partial charge in [-0.05, 0) is 46.2 Å². The quantitative estimate of drug-likeness (QED) is 0.364. The molecule has 0 saturated carbocycles. The number of carbonyl (C=O) groups excluding carboxylic acids is 4. The SMILES string of the molecule is Cc1oc(=O)oc1CN(C)[C@@H](C)C(=O)N[C@H]1CN(C(=O)NCCF)CC[C@H]2CC[C@@H](C(=O)N[C@@H]3CCOc4ccccc43)N2C1=O. The number of fused-ring (bicyclic) bond motifs is 2. The second-order valence-electron chi connectivity index (χ2n) is 12.0. The summed E-state index contributed by atoms with van der Waals surface area (Å²) < 4.78 is 28.5. The second kappa shape index (κ2) is 14.4. The van der Waals surface area contributed by atoms with Crippen molar-refractivity contribution in [2.24, 2.45) is 0 Å². The molecule has 2 fully saturated rings. The Morgan fingerprint density at radius 3 is 2.59 bits per heavy atom. The maximum atomic E-state index is 14.3. The summed E-state index contributed by atoms with van der Waals surface area (Å²) in [4.78, 5) is 70.5. The van der Waals surface area contributed by atoms with E-state index >= 15 is 0 Å². The lowest BCUT2D eigenvalue weighted by Gasteiger charge is -2.39. The van der Waals surface area contributed by atoms with Gasteiger partial charge in [-0.25, -0.2) is 14.0 Å². The van der Waals surface area contributed by atoms with Crippen LogP contribution in [0.25, 0.3) is 0 Å². The highest BCUT2D eigenvalue weighted by atomic mass is 19.1. The molecule has 3 aliphatic rings. The van der Waals surface area contributed by atoms with E-state index in [9.17, 15) is 28.4 Å². The van der Waals surface area contributed by atoms with Crippen molar-refractivity contribution >= 4 is 23.8 Å². The summed E-state index contributed by atoms with van der Waals surface area (Å²) in [6.07, 6.45) is 1.98. The van der Waals surface area contributed by atoms with Crippen molar-refractivity contribution in [3.05, 3.63) is 52.0 Å². The number of aryl methyl sites for hydroxylation is 1. The molecule has 5 rings (SSSR count). The Morgan fingerprint density at radius 1 is 1.07 bits per heavy atom. The largest absolute Gasteiger partial charge is 0.519 e. The van der Waals surface area contributed by atoms with Crippen LogP contribution in [0.5, 0.6) is 5.75 Å². The molecule has 46 heavy (non-hydrogen) atoms. The van der Waals surface area contributed by atoms with Crippen molar-refractivity contribution in [3.63, 3.8) is 0 Å². The minimum atomic E-state index is -1.17. The molecule has 2 saturated heterocycles. The highest BCUT2D eigenvalue weighted by molar-refractivity contribution is 5.94. The van der Waals surface area contributed by atoms with Crippen LogP contribution in [0.3, 0.4) is 0 Å². The van der Waals surface area contributed by atoms with E-state index in [0.29, 0.717) is 43.8 Å². The van der Waals surface area contributed by atoms with Gasteiger partial charge < -0.3 is 39.3 Å². The number of amides is 5. The molecule has 1 aromatic carbocycles. The van der Waals surface area contributed by atoms with Crippen LogP contribution in [0.4, 0.5) is 9.18 Å². The van der Waals surface area contributed by atoms with E-state index in [1.165, 1.54) is 4.90 Å². The Bertz CT molecular complexity index is 1500. The number of likely N-dealkylation sites (N-methyl/N-ethyl adjacent to an activating group) is 1. The highest BCUT2D eigenvalue weighted by Gasteiger charge is 2.46. The minimum absolute atomic E-state index is 0.0916. The molecule has 15 heteroatoms. The zero-order chi connectivity index (χ0) is 33.0. The Kier molecular flexibility index (Phi) is 10.3. The zero-order valence-corrected chi connectivity index (χ0v) is 26.3. The van der Waals surface area contributed by atoms with Crippen LogP contribution >= 0.6 is 0 Å². The van der Waals surface area contributed by atoms with Gasteiger partial charge in [0.1, 0.15) is 30.3 Å². The molecule has 2 aromatic rings. The van der Waals surface area contributed by atoms with Gasteiger partial charge in [0, 0.05) is 31.1 Å². The average Bonchev–Trinajstić information content (AvgIpc) is 3.60. The standard InChI is InChI=1S/C31H41FN6O8/c1-18(36(3)17-26-19(2)45-31(43)46-26)27(39)35-23-16-37(30(42)33-13-12-32)14-10-20-8-9-24(38(20)29(23)41)28(40)34-22-11-15-44-25-7-5-4-6-21(22)25/h4-7,18,20,22-24H,8-17H2,1-3H3,(H,33,42)(H,34,40)(H,35,39)/t18-,20+,22+,23-,24-/m0/s1. The van der Waals surface area contributed by atoms with E-state index < -0.39 is 48.5 Å². The average molecular weight is 645 g/mol. The van der Waals surface area contributed by atoms with Crippen LogP contribution in [0.15, 0.2) is 37.9 Å². The summed E-state index contributed by atoms with van der Waals surface area (Å²) in [6.45, 7) is 2.90. The first-order valence-electron chi connectivity index (χ1n) is 15.6. The maximum absolute atomic E-state index is 14.3. The number of hydrogen-bond acceptors (Lipinski definition) is 9. The molecular weight excluding hydrogens is 603 g/mol. The molecule has 5 amide bonds. The number of rotatable bonds is 9. The monoisotopic (exact) mass is 644 g/mol. The third-order valence-electron chi connectivity index (χ3n) is 9.01. The van der Waals surface area contributed by atoms with Crippen LogP contribution in [-0.2, 0) is 20.9 Å². The van der Waals surface area contributed by atoms with Crippen LogP contribution < -0.4 is 26.5 Å². The van der Waals surface area contributed by atoms with Gasteiger partial charge in [0.2, 0.25) is 17.7 Å². The Morgan fingerprint density at radius 2 is 1.85 bits per heavy atom. The van der Waals surface area contributed by atoms with Gasteiger partial charge in [0.15, 0.2) is 5.76 Å². The van der Waals surface area contributed by atoms with Crippen LogP contribution in [0.1, 0.15) is 55.7 Å². The Hall–Kier alpha value is -4.40. The van der Waals surface area contributed by atoms with Crippen LogP contribution in [-0.4, -0.2) is 103 Å². The summed E-state index contributed by atoms with van der Waals surface area (Å²) >= 11 is 0. The molecule has 0 aliphatic carbocycles. The number of nitrogens with one attached hydrogen (secondary N) is 3. The number of halogens is 1. The van der Waals surface area contributed by atoms with Crippen molar-refractivity contribution < 1.29 is 37.1 Å². The van der Waals surface area contributed by atoms with E-state index in [1.54, 1.807) is 30.7 Å². The van der Waals surface area contributed by atoms with Crippen molar-refractivity contribution in [1.29, 1.82) is 0 Å². The van der Waals surface area contributed by atoms with E-state index in [0.717, 1.165) is 5.56 Å². The summed E-state index contributed by atoms with van der Waals surface area (Å²) in [5.74, 6) is -0.838. The molecule has 14 nitrogen and oxygen atoms in total. The van der Waals surface area contributed by atoms with Gasteiger partial charge in [-0.1, -0.05) is 18.2 Å². The van der Waals surface area contributed by atoms with Crippen LogP contribution in [0.2, 0.25) is 0 Å². The van der Waals surface area contributed by atoms with E-state index in [2.05, 4.69) is 16.0 Å². The van der Waals surface area contributed by atoms with Gasteiger partial charge in [-0.3, -0.25) is 19.3 Å². The fraction of sp³-hybridized carbons (Fsp3) is 0.581. The minimum Gasteiger partial charge on any atom is -0.493 e. The summed E-state index contributed by atoms with van der Waals surface area (Å²) in [5.41, 5.74) is 0.874. The number of para-hydroxylation sites is 1. The smallest absolute Gasteiger partial charge is 0.493 e. The van der Waals surface area contributed by atoms with Crippen molar-refractivity contribution in [1.82, 2.24) is 30.7 Å². The number of ether oxygens (including phenoxy) is 1. The molecule has 3 N–H and O–H groups in total. The van der Waals surface area contributed by atoms with E-state index in [-0.39, 0.29) is 49.9 Å². The number of hydrogen-bond donors (Lipinski definition) is 3. The van der Waals surface area contributed by atoms with Gasteiger partial charge in [0.25, 0.3) is 0 Å². The first-order chi connectivity index (χ1) is 22.1. The molecule has 0 unspecified atom stereocenters. The second-order valence-corrected chi connectivity index (χ2v) is 12.0.